The van der Waals surface area contributed by atoms with E-state index >= 15 is 0 Å². The Labute approximate surface area is 219 Å². The van der Waals surface area contributed by atoms with E-state index in [2.05, 4.69) is 49.0 Å². The van der Waals surface area contributed by atoms with E-state index in [-0.39, 0.29) is 6.04 Å². The highest BCUT2D eigenvalue weighted by Crippen LogP contribution is 2.32. The summed E-state index contributed by atoms with van der Waals surface area (Å²) in [5.74, 6) is -3.63. The summed E-state index contributed by atoms with van der Waals surface area (Å²) in [6.45, 7) is 2.99. The minimum atomic E-state index is -5.08. The van der Waals surface area contributed by atoms with Gasteiger partial charge in [-0.25, -0.2) is 9.78 Å². The smallest absolute Gasteiger partial charge is 0.475 e. The molecule has 8 nitrogen and oxygen atoms in total. The van der Waals surface area contributed by atoms with Gasteiger partial charge in [0, 0.05) is 36.4 Å². The molecule has 2 N–H and O–H groups in total. The molecule has 1 aliphatic heterocycles. The summed E-state index contributed by atoms with van der Waals surface area (Å²) in [6, 6.07) is 16.1. The highest BCUT2D eigenvalue weighted by molar-refractivity contribution is 9.10. The second-order valence-electron chi connectivity index (χ2n) is 8.37. The molecule has 1 amide bonds. The second-order valence-corrected chi connectivity index (χ2v) is 9.28. The number of anilines is 1. The SMILES string of the molecule is CC(=O)C(=O)N1Cc2cc(Br)ccc2N(Cc2cnc[nH]2)C[C@H]1Cc1ccccc1.O=C(O)C(F)(F)F. The van der Waals surface area contributed by atoms with Crippen LogP contribution in [0.1, 0.15) is 23.7 Å². The van der Waals surface area contributed by atoms with Gasteiger partial charge in [0.15, 0.2) is 0 Å². The molecule has 196 valence electrons. The standard InChI is InChI=1S/C23H23BrN4O2.C2HF3O2/c1-16(29)23(30)28-12-18-10-19(24)7-8-22(18)27(13-20-11-25-15-26-20)14-21(28)9-17-5-3-2-4-6-17;3-2(4,5)1(6)7/h2-8,10-11,15,21H,9,12-14H2,1H3,(H,25,26);(H,6,7)/t21-;/m1./s1. The van der Waals surface area contributed by atoms with Crippen molar-refractivity contribution >= 4 is 39.3 Å². The Hall–Kier alpha value is -3.67. The van der Waals surface area contributed by atoms with Crippen LogP contribution in [0, 0.1) is 0 Å². The number of carbonyl (C=O) groups excluding carboxylic acids is 2. The highest BCUT2D eigenvalue weighted by Gasteiger charge is 2.38. The fourth-order valence-corrected chi connectivity index (χ4v) is 4.39. The zero-order valence-electron chi connectivity index (χ0n) is 19.7. The van der Waals surface area contributed by atoms with Gasteiger partial charge in [0.05, 0.1) is 24.6 Å². The summed E-state index contributed by atoms with van der Waals surface area (Å²) >= 11 is 3.55. The molecule has 1 atom stereocenters. The minimum Gasteiger partial charge on any atom is -0.475 e. The number of imidazole rings is 1. The van der Waals surface area contributed by atoms with Crippen LogP contribution < -0.4 is 4.90 Å². The van der Waals surface area contributed by atoms with Gasteiger partial charge in [-0.3, -0.25) is 9.59 Å². The number of halogens is 4. The van der Waals surface area contributed by atoms with Gasteiger partial charge in [-0.05, 0) is 35.7 Å². The first-order chi connectivity index (χ1) is 17.5. The molecule has 1 aliphatic rings. The van der Waals surface area contributed by atoms with E-state index in [9.17, 15) is 22.8 Å². The molecule has 0 bridgehead atoms. The van der Waals surface area contributed by atoms with Crippen LogP contribution in [0.4, 0.5) is 18.9 Å². The quantitative estimate of drug-likeness (QED) is 0.434. The topological polar surface area (TPSA) is 107 Å². The largest absolute Gasteiger partial charge is 0.490 e. The average Bonchev–Trinajstić information content (AvgIpc) is 3.30. The molecule has 0 unspecified atom stereocenters. The van der Waals surface area contributed by atoms with Crippen molar-refractivity contribution in [3.05, 3.63) is 82.3 Å². The van der Waals surface area contributed by atoms with Gasteiger partial charge >= 0.3 is 12.1 Å². The summed E-state index contributed by atoms with van der Waals surface area (Å²) in [5.41, 5.74) is 4.20. The van der Waals surface area contributed by atoms with E-state index in [1.807, 2.05) is 36.5 Å². The predicted molar refractivity (Wildman–Crippen MR) is 133 cm³/mol. The average molecular weight is 581 g/mol. The van der Waals surface area contributed by atoms with Crippen molar-refractivity contribution in [1.29, 1.82) is 0 Å². The number of rotatable bonds is 5. The van der Waals surface area contributed by atoms with E-state index in [4.69, 9.17) is 9.90 Å². The number of Topliss-reactive ketones (excluding diaryl/α,β-unsaturated/α-hetero) is 1. The van der Waals surface area contributed by atoms with E-state index < -0.39 is 23.8 Å². The third kappa shape index (κ3) is 7.66. The fourth-order valence-electron chi connectivity index (χ4n) is 3.98. The van der Waals surface area contributed by atoms with Crippen LogP contribution in [-0.2, 0) is 33.9 Å². The Bertz CT molecular complexity index is 1240. The number of aromatic amines is 1. The number of aromatic nitrogens is 2. The number of hydrogen-bond donors (Lipinski definition) is 2. The Morgan fingerprint density at radius 2 is 1.84 bits per heavy atom. The van der Waals surface area contributed by atoms with E-state index in [0.717, 1.165) is 27.0 Å². The first kappa shape index (κ1) is 27.9. The molecule has 3 aromatic rings. The third-order valence-corrected chi connectivity index (χ3v) is 6.12. The van der Waals surface area contributed by atoms with E-state index in [1.165, 1.54) is 6.92 Å². The van der Waals surface area contributed by atoms with Crippen molar-refractivity contribution in [2.75, 3.05) is 11.4 Å². The molecular weight excluding hydrogens is 557 g/mol. The first-order valence-corrected chi connectivity index (χ1v) is 11.9. The normalized spacial score (nSPS) is 15.2. The van der Waals surface area contributed by atoms with Crippen molar-refractivity contribution in [1.82, 2.24) is 14.9 Å². The monoisotopic (exact) mass is 580 g/mol. The van der Waals surface area contributed by atoms with Gasteiger partial charge in [0.1, 0.15) is 0 Å². The summed E-state index contributed by atoms with van der Waals surface area (Å²) < 4.78 is 32.7. The lowest BCUT2D eigenvalue weighted by atomic mass is 10.0. The number of hydrogen-bond acceptors (Lipinski definition) is 5. The molecular formula is C25H24BrF3N4O4. The molecule has 0 radical (unpaired) electrons. The maximum absolute atomic E-state index is 12.9. The highest BCUT2D eigenvalue weighted by atomic mass is 79.9. The van der Waals surface area contributed by atoms with Crippen LogP contribution in [-0.4, -0.2) is 56.4 Å². The van der Waals surface area contributed by atoms with Gasteiger partial charge in [0.2, 0.25) is 5.78 Å². The van der Waals surface area contributed by atoms with E-state index in [0.29, 0.717) is 26.1 Å². The number of fused-ring (bicyclic) bond motifs is 1. The summed E-state index contributed by atoms with van der Waals surface area (Å²) in [5, 5.41) is 7.12. The van der Waals surface area contributed by atoms with Gasteiger partial charge in [-0.2, -0.15) is 13.2 Å². The number of nitrogens with one attached hydrogen (secondary N) is 1. The number of amides is 1. The molecule has 0 fully saturated rings. The fraction of sp³-hybridized carbons (Fsp3) is 0.280. The van der Waals surface area contributed by atoms with Gasteiger partial charge in [-0.1, -0.05) is 46.3 Å². The summed E-state index contributed by atoms with van der Waals surface area (Å²) in [6.07, 6.45) is -0.925. The molecule has 0 saturated carbocycles. The lowest BCUT2D eigenvalue weighted by Crippen LogP contribution is -2.47. The number of aliphatic carboxylic acids is 1. The molecule has 12 heteroatoms. The number of nitrogens with zero attached hydrogens (tertiary/aromatic N) is 3. The zero-order chi connectivity index (χ0) is 27.2. The van der Waals surface area contributed by atoms with Crippen molar-refractivity contribution in [3.63, 3.8) is 0 Å². The van der Waals surface area contributed by atoms with Crippen molar-refractivity contribution in [3.8, 4) is 0 Å². The molecule has 37 heavy (non-hydrogen) atoms. The Balaban J connectivity index is 0.000000479. The van der Waals surface area contributed by atoms with Crippen LogP contribution in [0.25, 0.3) is 0 Å². The van der Waals surface area contributed by atoms with Crippen molar-refractivity contribution in [2.24, 2.45) is 0 Å². The number of ketones is 1. The molecule has 2 aromatic carbocycles. The van der Waals surface area contributed by atoms with Crippen LogP contribution in [0.2, 0.25) is 0 Å². The zero-order valence-corrected chi connectivity index (χ0v) is 21.3. The number of carboxylic acid groups (broad SMARTS) is 1. The molecule has 4 rings (SSSR count). The minimum absolute atomic E-state index is 0.141. The van der Waals surface area contributed by atoms with Crippen LogP contribution in [0.15, 0.2) is 65.5 Å². The predicted octanol–water partition coefficient (Wildman–Crippen LogP) is 4.35. The van der Waals surface area contributed by atoms with Crippen molar-refractivity contribution < 1.29 is 32.7 Å². The summed E-state index contributed by atoms with van der Waals surface area (Å²) in [7, 11) is 0. The lowest BCUT2D eigenvalue weighted by Gasteiger charge is -2.32. The number of carbonyl (C=O) groups is 3. The number of H-pyrrole nitrogens is 1. The maximum Gasteiger partial charge on any atom is 0.490 e. The lowest BCUT2D eigenvalue weighted by molar-refractivity contribution is -0.192. The summed E-state index contributed by atoms with van der Waals surface area (Å²) in [4.78, 5) is 45.1. The second kappa shape index (κ2) is 12.0. The van der Waals surface area contributed by atoms with Gasteiger partial charge < -0.3 is 19.9 Å². The van der Waals surface area contributed by atoms with E-state index in [1.54, 1.807) is 11.2 Å². The number of alkyl halides is 3. The Morgan fingerprint density at radius 1 is 1.16 bits per heavy atom. The number of benzene rings is 2. The molecule has 0 aliphatic carbocycles. The van der Waals surface area contributed by atoms with Crippen LogP contribution in [0.3, 0.4) is 0 Å². The number of carboxylic acids is 1. The molecule has 0 saturated heterocycles. The Kier molecular flexibility index (Phi) is 9.09. The maximum atomic E-state index is 12.9. The molecule has 0 spiro atoms. The van der Waals surface area contributed by atoms with Gasteiger partial charge in [0.25, 0.3) is 5.91 Å². The first-order valence-electron chi connectivity index (χ1n) is 11.1. The van der Waals surface area contributed by atoms with Crippen LogP contribution in [0.5, 0.6) is 0 Å². The van der Waals surface area contributed by atoms with Crippen molar-refractivity contribution in [2.45, 2.75) is 38.7 Å². The third-order valence-electron chi connectivity index (χ3n) is 5.63. The molecule has 2 heterocycles. The van der Waals surface area contributed by atoms with Gasteiger partial charge in [-0.15, -0.1) is 0 Å². The Morgan fingerprint density at radius 3 is 2.41 bits per heavy atom. The molecule has 1 aromatic heterocycles. The van der Waals surface area contributed by atoms with Crippen LogP contribution >= 0.6 is 15.9 Å².